The van der Waals surface area contributed by atoms with Crippen LogP contribution in [0, 0.1) is 0 Å². The van der Waals surface area contributed by atoms with Crippen molar-refractivity contribution in [2.45, 2.75) is 0 Å². The molecular weight excluding hydrogens is 222 g/mol. The minimum Gasteiger partial charge on any atom is -0.265 e. The van der Waals surface area contributed by atoms with Gasteiger partial charge in [0.15, 0.2) is 0 Å². The zero-order valence-corrected chi connectivity index (χ0v) is 9.69. The molecule has 0 aliphatic carbocycles. The Morgan fingerprint density at radius 2 is 1.44 bits per heavy atom. The van der Waals surface area contributed by atoms with Crippen molar-refractivity contribution in [3.63, 3.8) is 0 Å². The molecule has 0 aliphatic rings. The van der Waals surface area contributed by atoms with Gasteiger partial charge in [0, 0.05) is 47.7 Å². The maximum atomic E-state index is 4.47. The first kappa shape index (κ1) is 10.6. The van der Waals surface area contributed by atoms with E-state index in [-0.39, 0.29) is 0 Å². The number of nitrogens with zero attached hydrogens (tertiary/aromatic N) is 3. The summed E-state index contributed by atoms with van der Waals surface area (Å²) in [6.45, 7) is 0. The third kappa shape index (κ3) is 2.11. The maximum Gasteiger partial charge on any atom is 0.0703 e. The van der Waals surface area contributed by atoms with Gasteiger partial charge in [0.25, 0.3) is 0 Å². The largest absolute Gasteiger partial charge is 0.265 e. The van der Waals surface area contributed by atoms with Crippen LogP contribution in [0.15, 0.2) is 67.4 Å². The number of rotatable bonds is 2. The summed E-state index contributed by atoms with van der Waals surface area (Å²) in [4.78, 5) is 12.6. The first-order valence-electron chi connectivity index (χ1n) is 5.70. The summed E-state index contributed by atoms with van der Waals surface area (Å²) in [6, 6.07) is 11.9. The van der Waals surface area contributed by atoms with E-state index >= 15 is 0 Å². The van der Waals surface area contributed by atoms with E-state index in [0.29, 0.717) is 0 Å². The fourth-order valence-electron chi connectivity index (χ4n) is 1.79. The Labute approximate surface area is 105 Å². The molecule has 3 aromatic heterocycles. The van der Waals surface area contributed by atoms with Crippen molar-refractivity contribution in [3.8, 4) is 22.4 Å². The molecule has 0 bridgehead atoms. The lowest BCUT2D eigenvalue weighted by Gasteiger charge is -2.03. The molecule has 0 saturated carbocycles. The monoisotopic (exact) mass is 233 g/mol. The standard InChI is InChI=1S/C15H11N3/c1-2-13(10-17-7-1)14-3-4-15(18-11-14)12-5-8-16-9-6-12/h1-11H. The van der Waals surface area contributed by atoms with E-state index in [1.54, 1.807) is 18.6 Å². The molecule has 0 amide bonds. The summed E-state index contributed by atoms with van der Waals surface area (Å²) >= 11 is 0. The van der Waals surface area contributed by atoms with E-state index in [1.165, 1.54) is 0 Å². The van der Waals surface area contributed by atoms with Gasteiger partial charge in [0.05, 0.1) is 5.69 Å². The van der Waals surface area contributed by atoms with Gasteiger partial charge in [-0.2, -0.15) is 0 Å². The highest BCUT2D eigenvalue weighted by molar-refractivity contribution is 5.65. The summed E-state index contributed by atoms with van der Waals surface area (Å²) in [6.07, 6.45) is 9.01. The lowest BCUT2D eigenvalue weighted by atomic mass is 10.1. The molecule has 0 unspecified atom stereocenters. The van der Waals surface area contributed by atoms with Crippen molar-refractivity contribution in [2.75, 3.05) is 0 Å². The Morgan fingerprint density at radius 1 is 0.611 bits per heavy atom. The third-order valence-corrected chi connectivity index (χ3v) is 2.73. The van der Waals surface area contributed by atoms with E-state index in [0.717, 1.165) is 22.4 Å². The Balaban J connectivity index is 1.95. The maximum absolute atomic E-state index is 4.47. The zero-order chi connectivity index (χ0) is 12.2. The first-order chi connectivity index (χ1) is 8.93. The molecule has 0 atom stereocenters. The molecule has 0 aliphatic heterocycles. The van der Waals surface area contributed by atoms with Crippen molar-refractivity contribution >= 4 is 0 Å². The molecule has 0 fully saturated rings. The highest BCUT2D eigenvalue weighted by atomic mass is 14.7. The van der Waals surface area contributed by atoms with Crippen molar-refractivity contribution in [1.82, 2.24) is 15.0 Å². The summed E-state index contributed by atoms with van der Waals surface area (Å²) < 4.78 is 0. The third-order valence-electron chi connectivity index (χ3n) is 2.73. The first-order valence-corrected chi connectivity index (χ1v) is 5.70. The van der Waals surface area contributed by atoms with Gasteiger partial charge in [-0.15, -0.1) is 0 Å². The predicted octanol–water partition coefficient (Wildman–Crippen LogP) is 3.21. The normalized spacial score (nSPS) is 10.2. The number of aromatic nitrogens is 3. The van der Waals surface area contributed by atoms with Crippen LogP contribution in [0.5, 0.6) is 0 Å². The van der Waals surface area contributed by atoms with Crippen LogP contribution in [-0.2, 0) is 0 Å². The number of hydrogen-bond donors (Lipinski definition) is 0. The molecule has 0 N–H and O–H groups in total. The van der Waals surface area contributed by atoms with E-state index in [9.17, 15) is 0 Å². The molecule has 0 aromatic carbocycles. The van der Waals surface area contributed by atoms with Crippen LogP contribution in [0.3, 0.4) is 0 Å². The Bertz CT molecular complexity index is 560. The lowest BCUT2D eigenvalue weighted by molar-refractivity contribution is 1.28. The van der Waals surface area contributed by atoms with Gasteiger partial charge in [0.2, 0.25) is 0 Å². The highest BCUT2D eigenvalue weighted by Crippen LogP contribution is 2.21. The SMILES string of the molecule is c1cncc(-c2ccc(-c3ccncc3)nc2)c1. The topological polar surface area (TPSA) is 38.7 Å². The fraction of sp³-hybridized carbons (Fsp3) is 0. The smallest absolute Gasteiger partial charge is 0.0703 e. The minimum atomic E-state index is 0.949. The summed E-state index contributed by atoms with van der Waals surface area (Å²) in [5, 5.41) is 0. The van der Waals surface area contributed by atoms with Gasteiger partial charge >= 0.3 is 0 Å². The summed E-state index contributed by atoms with van der Waals surface area (Å²) in [5.74, 6) is 0. The van der Waals surface area contributed by atoms with Gasteiger partial charge < -0.3 is 0 Å². The Kier molecular flexibility index (Phi) is 2.80. The second kappa shape index (κ2) is 4.75. The van der Waals surface area contributed by atoms with Crippen LogP contribution in [0.4, 0.5) is 0 Å². The molecule has 0 radical (unpaired) electrons. The van der Waals surface area contributed by atoms with Crippen molar-refractivity contribution < 1.29 is 0 Å². The second-order valence-corrected chi connectivity index (χ2v) is 3.91. The lowest BCUT2D eigenvalue weighted by Crippen LogP contribution is -1.85. The van der Waals surface area contributed by atoms with Gasteiger partial charge in [-0.3, -0.25) is 15.0 Å². The molecule has 0 saturated heterocycles. The summed E-state index contributed by atoms with van der Waals surface area (Å²) in [5.41, 5.74) is 4.17. The predicted molar refractivity (Wildman–Crippen MR) is 70.7 cm³/mol. The Morgan fingerprint density at radius 3 is 2.11 bits per heavy atom. The number of pyridine rings is 3. The van der Waals surface area contributed by atoms with Gasteiger partial charge in [-0.25, -0.2) is 0 Å². The Hall–Kier alpha value is -2.55. The van der Waals surface area contributed by atoms with Gasteiger partial charge in [0.1, 0.15) is 0 Å². The quantitative estimate of drug-likeness (QED) is 0.682. The molecule has 0 spiro atoms. The van der Waals surface area contributed by atoms with Crippen LogP contribution in [-0.4, -0.2) is 15.0 Å². The molecule has 86 valence electrons. The van der Waals surface area contributed by atoms with Crippen LogP contribution >= 0.6 is 0 Å². The molecular formula is C15H11N3. The molecule has 3 aromatic rings. The molecule has 3 rings (SSSR count). The molecule has 18 heavy (non-hydrogen) atoms. The van der Waals surface area contributed by atoms with Crippen molar-refractivity contribution in [3.05, 3.63) is 67.4 Å². The molecule has 3 heteroatoms. The number of hydrogen-bond acceptors (Lipinski definition) is 3. The van der Waals surface area contributed by atoms with Crippen molar-refractivity contribution in [2.24, 2.45) is 0 Å². The van der Waals surface area contributed by atoms with Crippen LogP contribution in [0.1, 0.15) is 0 Å². The molecule has 3 heterocycles. The van der Waals surface area contributed by atoms with Gasteiger partial charge in [-0.1, -0.05) is 12.1 Å². The van der Waals surface area contributed by atoms with E-state index in [1.807, 2.05) is 42.7 Å². The van der Waals surface area contributed by atoms with Gasteiger partial charge in [-0.05, 0) is 24.3 Å². The minimum absolute atomic E-state index is 0.949. The van der Waals surface area contributed by atoms with Crippen molar-refractivity contribution in [1.29, 1.82) is 0 Å². The zero-order valence-electron chi connectivity index (χ0n) is 9.69. The average molecular weight is 233 g/mol. The van der Waals surface area contributed by atoms with E-state index in [4.69, 9.17) is 0 Å². The second-order valence-electron chi connectivity index (χ2n) is 3.91. The summed E-state index contributed by atoms with van der Waals surface area (Å²) in [7, 11) is 0. The molecule has 3 nitrogen and oxygen atoms in total. The van der Waals surface area contributed by atoms with Crippen LogP contribution in [0.2, 0.25) is 0 Å². The highest BCUT2D eigenvalue weighted by Gasteiger charge is 2.00. The van der Waals surface area contributed by atoms with Crippen LogP contribution in [0.25, 0.3) is 22.4 Å². The van der Waals surface area contributed by atoms with E-state index in [2.05, 4.69) is 21.0 Å². The fourth-order valence-corrected chi connectivity index (χ4v) is 1.79. The van der Waals surface area contributed by atoms with Crippen LogP contribution < -0.4 is 0 Å². The average Bonchev–Trinajstić information content (AvgIpc) is 2.49. The van der Waals surface area contributed by atoms with E-state index < -0.39 is 0 Å².